The molecule has 0 saturated carbocycles. The maximum absolute atomic E-state index is 9.45. The lowest BCUT2D eigenvalue weighted by Gasteiger charge is -2.19. The normalized spacial score (nSPS) is 12.2. The summed E-state index contributed by atoms with van der Waals surface area (Å²) < 4.78 is 0. The lowest BCUT2D eigenvalue weighted by atomic mass is 9.86. The first kappa shape index (κ1) is 18.1. The Morgan fingerprint density at radius 2 is 1.45 bits per heavy atom. The number of para-hydroxylation sites is 1. The van der Waals surface area contributed by atoms with Gasteiger partial charge in [-0.1, -0.05) is 65.0 Å². The Labute approximate surface area is 134 Å². The summed E-state index contributed by atoms with van der Waals surface area (Å²) in [6.45, 7) is 10.6. The van der Waals surface area contributed by atoms with Crippen LogP contribution in [-0.2, 0) is 5.41 Å². The van der Waals surface area contributed by atoms with E-state index in [0.29, 0.717) is 17.4 Å². The zero-order valence-electron chi connectivity index (χ0n) is 14.3. The number of hydrogen-bond acceptors (Lipinski definition) is 2. The van der Waals surface area contributed by atoms with E-state index < -0.39 is 0 Å². The fraction of sp³-hybridized carbons (Fsp3) is 0.400. The van der Waals surface area contributed by atoms with Gasteiger partial charge in [-0.3, -0.25) is 0 Å². The zero-order chi connectivity index (χ0) is 16.8. The molecule has 0 aliphatic rings. The van der Waals surface area contributed by atoms with Crippen LogP contribution in [0.15, 0.2) is 48.5 Å². The average molecular weight is 300 g/mol. The number of benzene rings is 2. The van der Waals surface area contributed by atoms with E-state index in [1.54, 1.807) is 18.2 Å². The van der Waals surface area contributed by atoms with Gasteiger partial charge >= 0.3 is 0 Å². The highest BCUT2D eigenvalue weighted by Crippen LogP contribution is 2.29. The molecule has 0 heterocycles. The summed E-state index contributed by atoms with van der Waals surface area (Å²) in [5, 5.41) is 18.5. The lowest BCUT2D eigenvalue weighted by Crippen LogP contribution is -2.10. The number of aromatic hydroxyl groups is 2. The van der Waals surface area contributed by atoms with E-state index in [0.717, 1.165) is 12.0 Å². The predicted octanol–water partition coefficient (Wildman–Crippen LogP) is 5.60. The van der Waals surface area contributed by atoms with Gasteiger partial charge in [0, 0.05) is 0 Å². The van der Waals surface area contributed by atoms with E-state index in [1.165, 1.54) is 5.56 Å². The van der Waals surface area contributed by atoms with E-state index in [4.69, 9.17) is 5.11 Å². The monoisotopic (exact) mass is 300 g/mol. The third-order valence-corrected chi connectivity index (χ3v) is 3.79. The second-order valence-corrected chi connectivity index (χ2v) is 6.67. The van der Waals surface area contributed by atoms with Gasteiger partial charge in [-0.15, -0.1) is 0 Å². The summed E-state index contributed by atoms with van der Waals surface area (Å²) in [6.07, 6.45) is 1.14. The molecule has 0 saturated heterocycles. The first-order valence-electron chi connectivity index (χ1n) is 7.83. The van der Waals surface area contributed by atoms with Crippen molar-refractivity contribution in [3.05, 3.63) is 59.7 Å². The molecule has 1 unspecified atom stereocenters. The first-order valence-corrected chi connectivity index (χ1v) is 7.83. The summed E-state index contributed by atoms with van der Waals surface area (Å²) in [4.78, 5) is 0. The Morgan fingerprint density at radius 1 is 0.909 bits per heavy atom. The zero-order valence-corrected chi connectivity index (χ0v) is 14.3. The molecule has 0 bridgehead atoms. The molecule has 0 fully saturated rings. The Kier molecular flexibility index (Phi) is 6.48. The minimum Gasteiger partial charge on any atom is -0.508 e. The topological polar surface area (TPSA) is 40.5 Å². The van der Waals surface area contributed by atoms with Crippen LogP contribution in [0, 0.1) is 0 Å². The van der Waals surface area contributed by atoms with Crippen molar-refractivity contribution >= 4 is 0 Å². The largest absolute Gasteiger partial charge is 0.508 e. The molecule has 1 atom stereocenters. The minimum absolute atomic E-state index is 0.0331. The molecule has 0 radical (unpaired) electrons. The summed E-state index contributed by atoms with van der Waals surface area (Å²) >= 11 is 0. The molecule has 0 amide bonds. The van der Waals surface area contributed by atoms with Gasteiger partial charge in [-0.2, -0.15) is 0 Å². The van der Waals surface area contributed by atoms with Crippen LogP contribution in [0.2, 0.25) is 0 Å². The quantitative estimate of drug-likeness (QED) is 0.758. The summed E-state index contributed by atoms with van der Waals surface area (Å²) in [5.74, 6) is 1.33. The number of rotatable bonds is 2. The Bertz CT molecular complexity index is 565. The van der Waals surface area contributed by atoms with Crippen molar-refractivity contribution in [1.29, 1.82) is 0 Å². The third-order valence-electron chi connectivity index (χ3n) is 3.79. The fourth-order valence-electron chi connectivity index (χ4n) is 2.15. The summed E-state index contributed by atoms with van der Waals surface area (Å²) in [7, 11) is 0. The first-order chi connectivity index (χ1) is 10.3. The van der Waals surface area contributed by atoms with E-state index in [9.17, 15) is 5.11 Å². The molecule has 120 valence electrons. The standard InChI is InChI=1S/2C10H14O/c1-10(2,3)8-6-4-5-7-9(8)11;1-3-8(2)9-4-6-10(11)7-5-9/h4-7,11H,1-3H3;4-8,11H,3H2,1-2H3. The molecule has 2 rings (SSSR count). The van der Waals surface area contributed by atoms with Gasteiger partial charge in [0.25, 0.3) is 0 Å². The molecule has 2 N–H and O–H groups in total. The Morgan fingerprint density at radius 3 is 1.86 bits per heavy atom. The highest BCUT2D eigenvalue weighted by Gasteiger charge is 2.16. The van der Waals surface area contributed by atoms with Gasteiger partial charge < -0.3 is 10.2 Å². The Hall–Kier alpha value is -1.96. The van der Waals surface area contributed by atoms with Crippen LogP contribution in [0.4, 0.5) is 0 Å². The van der Waals surface area contributed by atoms with Crippen molar-refractivity contribution in [3.8, 4) is 11.5 Å². The minimum atomic E-state index is 0.0331. The molecule has 2 aromatic carbocycles. The molecule has 2 aromatic rings. The van der Waals surface area contributed by atoms with Crippen LogP contribution in [0.5, 0.6) is 11.5 Å². The van der Waals surface area contributed by atoms with Crippen LogP contribution in [-0.4, -0.2) is 10.2 Å². The van der Waals surface area contributed by atoms with Gasteiger partial charge in [-0.05, 0) is 47.1 Å². The molecule has 0 aromatic heterocycles. The van der Waals surface area contributed by atoms with Crippen molar-refractivity contribution in [2.75, 3.05) is 0 Å². The van der Waals surface area contributed by atoms with Crippen molar-refractivity contribution < 1.29 is 10.2 Å². The molecule has 0 aliphatic heterocycles. The van der Waals surface area contributed by atoms with Crippen molar-refractivity contribution in [3.63, 3.8) is 0 Å². The molecular formula is C20H28O2. The molecule has 22 heavy (non-hydrogen) atoms. The van der Waals surface area contributed by atoms with Gasteiger partial charge in [-0.25, -0.2) is 0 Å². The lowest BCUT2D eigenvalue weighted by molar-refractivity contribution is 0.447. The molecular weight excluding hydrogens is 272 g/mol. The molecule has 0 aliphatic carbocycles. The second-order valence-electron chi connectivity index (χ2n) is 6.67. The third kappa shape index (κ3) is 5.44. The SMILES string of the molecule is CC(C)(C)c1ccccc1O.CCC(C)c1ccc(O)cc1. The van der Waals surface area contributed by atoms with Gasteiger partial charge in [0.1, 0.15) is 11.5 Å². The van der Waals surface area contributed by atoms with Crippen molar-refractivity contribution in [1.82, 2.24) is 0 Å². The van der Waals surface area contributed by atoms with Gasteiger partial charge in [0.15, 0.2) is 0 Å². The number of phenolic OH excluding ortho intramolecular Hbond substituents is 2. The van der Waals surface area contributed by atoms with E-state index in [2.05, 4.69) is 34.6 Å². The van der Waals surface area contributed by atoms with Crippen molar-refractivity contribution in [2.45, 2.75) is 52.4 Å². The van der Waals surface area contributed by atoms with E-state index in [-0.39, 0.29) is 5.41 Å². The van der Waals surface area contributed by atoms with Crippen LogP contribution in [0.25, 0.3) is 0 Å². The molecule has 2 nitrogen and oxygen atoms in total. The van der Waals surface area contributed by atoms with E-state index in [1.807, 2.05) is 30.3 Å². The van der Waals surface area contributed by atoms with Gasteiger partial charge in [0.2, 0.25) is 0 Å². The maximum atomic E-state index is 9.45. The maximum Gasteiger partial charge on any atom is 0.119 e. The van der Waals surface area contributed by atoms with Crippen LogP contribution < -0.4 is 0 Å². The highest BCUT2D eigenvalue weighted by atomic mass is 16.3. The highest BCUT2D eigenvalue weighted by molar-refractivity contribution is 5.36. The fourth-order valence-corrected chi connectivity index (χ4v) is 2.15. The second kappa shape index (κ2) is 7.88. The average Bonchev–Trinajstić information content (AvgIpc) is 2.47. The Balaban J connectivity index is 0.000000220. The van der Waals surface area contributed by atoms with E-state index >= 15 is 0 Å². The van der Waals surface area contributed by atoms with Crippen molar-refractivity contribution in [2.24, 2.45) is 0 Å². The van der Waals surface area contributed by atoms with Crippen LogP contribution >= 0.6 is 0 Å². The molecule has 0 spiro atoms. The number of hydrogen-bond donors (Lipinski definition) is 2. The van der Waals surface area contributed by atoms with Crippen LogP contribution in [0.1, 0.15) is 58.1 Å². The summed E-state index contributed by atoms with van der Waals surface area (Å²) in [6, 6.07) is 14.9. The summed E-state index contributed by atoms with van der Waals surface area (Å²) in [5.41, 5.74) is 2.33. The number of phenols is 2. The predicted molar refractivity (Wildman–Crippen MR) is 93.6 cm³/mol. The van der Waals surface area contributed by atoms with Gasteiger partial charge in [0.05, 0.1) is 0 Å². The van der Waals surface area contributed by atoms with Crippen LogP contribution in [0.3, 0.4) is 0 Å². The smallest absolute Gasteiger partial charge is 0.119 e. The molecule has 2 heteroatoms.